The number of anilines is 1. The van der Waals surface area contributed by atoms with Gasteiger partial charge in [-0.3, -0.25) is 14.9 Å². The molecule has 1 aliphatic carbocycles. The normalized spacial score (nSPS) is 16.1. The van der Waals surface area contributed by atoms with Crippen molar-refractivity contribution in [2.24, 2.45) is 17.1 Å². The van der Waals surface area contributed by atoms with E-state index in [0.717, 1.165) is 29.7 Å². The van der Waals surface area contributed by atoms with Crippen LogP contribution in [0.15, 0.2) is 24.3 Å². The van der Waals surface area contributed by atoms with Crippen LogP contribution in [0.5, 0.6) is 0 Å². The van der Waals surface area contributed by atoms with E-state index in [2.05, 4.69) is 31.4 Å². The summed E-state index contributed by atoms with van der Waals surface area (Å²) in [5.74, 6) is -0.320. The van der Waals surface area contributed by atoms with Crippen LogP contribution < -0.4 is 16.4 Å². The fourth-order valence-corrected chi connectivity index (χ4v) is 5.40. The summed E-state index contributed by atoms with van der Waals surface area (Å²) in [4.78, 5) is 25.7. The van der Waals surface area contributed by atoms with Crippen molar-refractivity contribution in [2.45, 2.75) is 40.0 Å². The minimum atomic E-state index is -0.483. The zero-order chi connectivity index (χ0) is 21.3. The molecule has 0 aliphatic heterocycles. The Labute approximate surface area is 185 Å². The molecular formula is C21H24ClN3O2S2. The number of benzene rings is 1. The molecule has 1 aromatic carbocycles. The molecule has 0 saturated carbocycles. The molecule has 1 atom stereocenters. The molecule has 154 valence electrons. The standard InChI is InChI=1S/C21H24ClN3O2S2/c1-21(2,3)12-7-8-14-15(10-12)29-19(16(14)17(23)26)25-20(28)24-18(27)11-5-4-6-13(22)9-11/h4-6,9,12H,7-8,10H2,1-3H3,(H2,23,26)(H2,24,25,27,28). The van der Waals surface area contributed by atoms with Crippen LogP contribution in [-0.4, -0.2) is 16.9 Å². The monoisotopic (exact) mass is 449 g/mol. The summed E-state index contributed by atoms with van der Waals surface area (Å²) in [6.45, 7) is 6.72. The van der Waals surface area contributed by atoms with Gasteiger partial charge in [0.1, 0.15) is 5.00 Å². The van der Waals surface area contributed by atoms with Gasteiger partial charge in [0.2, 0.25) is 0 Å². The van der Waals surface area contributed by atoms with Crippen molar-refractivity contribution >= 4 is 57.1 Å². The summed E-state index contributed by atoms with van der Waals surface area (Å²) in [5, 5.41) is 6.80. The number of nitrogens with two attached hydrogens (primary N) is 1. The number of hydrogen-bond acceptors (Lipinski definition) is 4. The maximum absolute atomic E-state index is 12.4. The minimum absolute atomic E-state index is 0.114. The first-order chi connectivity index (χ1) is 13.6. The molecule has 3 rings (SSSR count). The van der Waals surface area contributed by atoms with Crippen LogP contribution in [0.1, 0.15) is 58.3 Å². The van der Waals surface area contributed by atoms with E-state index in [4.69, 9.17) is 29.6 Å². The van der Waals surface area contributed by atoms with Gasteiger partial charge < -0.3 is 11.1 Å². The summed E-state index contributed by atoms with van der Waals surface area (Å²) >= 11 is 12.7. The van der Waals surface area contributed by atoms with Gasteiger partial charge in [-0.2, -0.15) is 0 Å². The van der Waals surface area contributed by atoms with Gasteiger partial charge in [-0.15, -0.1) is 11.3 Å². The van der Waals surface area contributed by atoms with Gasteiger partial charge in [-0.25, -0.2) is 0 Å². The summed E-state index contributed by atoms with van der Waals surface area (Å²) in [7, 11) is 0. The highest BCUT2D eigenvalue weighted by atomic mass is 35.5. The number of thiocarbonyl (C=S) groups is 1. The van der Waals surface area contributed by atoms with Crippen molar-refractivity contribution in [1.82, 2.24) is 5.32 Å². The second-order valence-electron chi connectivity index (χ2n) is 8.30. The van der Waals surface area contributed by atoms with Crippen LogP contribution in [-0.2, 0) is 12.8 Å². The maximum Gasteiger partial charge on any atom is 0.257 e. The van der Waals surface area contributed by atoms with E-state index in [-0.39, 0.29) is 16.4 Å². The molecule has 8 heteroatoms. The molecule has 29 heavy (non-hydrogen) atoms. The smallest absolute Gasteiger partial charge is 0.257 e. The molecule has 0 bridgehead atoms. The van der Waals surface area contributed by atoms with Crippen molar-refractivity contribution in [3.8, 4) is 0 Å². The first kappa shape index (κ1) is 21.7. The Bertz CT molecular complexity index is 979. The van der Waals surface area contributed by atoms with Gasteiger partial charge in [0.15, 0.2) is 5.11 Å². The number of fused-ring (bicyclic) bond motifs is 1. The second-order valence-corrected chi connectivity index (χ2v) is 10.2. The Morgan fingerprint density at radius 3 is 2.66 bits per heavy atom. The fourth-order valence-electron chi connectivity index (χ4n) is 3.61. The van der Waals surface area contributed by atoms with E-state index in [9.17, 15) is 9.59 Å². The van der Waals surface area contributed by atoms with E-state index < -0.39 is 5.91 Å². The lowest BCUT2D eigenvalue weighted by molar-refractivity contribution is 0.0975. The number of amides is 2. The summed E-state index contributed by atoms with van der Waals surface area (Å²) in [5.41, 5.74) is 7.76. The zero-order valence-corrected chi connectivity index (χ0v) is 19.0. The SMILES string of the molecule is CC(C)(C)C1CCc2c(sc(NC(=S)NC(=O)c3cccc(Cl)c3)c2C(N)=O)C1. The topological polar surface area (TPSA) is 84.2 Å². The maximum atomic E-state index is 12.4. The average Bonchev–Trinajstić information content (AvgIpc) is 2.97. The third kappa shape index (κ3) is 4.97. The highest BCUT2D eigenvalue weighted by Crippen LogP contribution is 2.44. The van der Waals surface area contributed by atoms with Crippen molar-refractivity contribution in [3.63, 3.8) is 0 Å². The molecule has 1 unspecified atom stereocenters. The number of rotatable bonds is 3. The van der Waals surface area contributed by atoms with E-state index in [1.54, 1.807) is 24.3 Å². The van der Waals surface area contributed by atoms with Crippen LogP contribution in [0.2, 0.25) is 5.02 Å². The number of carbonyl (C=O) groups is 2. The van der Waals surface area contributed by atoms with Crippen LogP contribution in [0.4, 0.5) is 5.00 Å². The highest BCUT2D eigenvalue weighted by Gasteiger charge is 2.33. The average molecular weight is 450 g/mol. The molecule has 0 radical (unpaired) electrons. The molecule has 1 aromatic heterocycles. The number of carbonyl (C=O) groups excluding carboxylic acids is 2. The van der Waals surface area contributed by atoms with E-state index >= 15 is 0 Å². The third-order valence-electron chi connectivity index (χ3n) is 5.28. The van der Waals surface area contributed by atoms with Crippen molar-refractivity contribution < 1.29 is 9.59 Å². The van der Waals surface area contributed by atoms with Crippen LogP contribution in [0.3, 0.4) is 0 Å². The summed E-state index contributed by atoms with van der Waals surface area (Å²) in [6, 6.07) is 6.59. The van der Waals surface area contributed by atoms with Crippen LogP contribution in [0, 0.1) is 11.3 Å². The molecule has 5 nitrogen and oxygen atoms in total. The van der Waals surface area contributed by atoms with Crippen molar-refractivity contribution in [1.29, 1.82) is 0 Å². The number of halogens is 1. The van der Waals surface area contributed by atoms with Gasteiger partial charge in [0.25, 0.3) is 11.8 Å². The molecule has 1 aliphatic rings. The van der Waals surface area contributed by atoms with Gasteiger partial charge in [0.05, 0.1) is 5.56 Å². The van der Waals surface area contributed by atoms with Crippen LogP contribution >= 0.6 is 35.2 Å². The zero-order valence-electron chi connectivity index (χ0n) is 16.6. The summed E-state index contributed by atoms with van der Waals surface area (Å²) in [6.07, 6.45) is 2.74. The largest absolute Gasteiger partial charge is 0.365 e. The molecule has 0 fully saturated rings. The Kier molecular flexibility index (Phi) is 6.31. The Morgan fingerprint density at radius 1 is 1.31 bits per heavy atom. The highest BCUT2D eigenvalue weighted by molar-refractivity contribution is 7.80. The predicted molar refractivity (Wildman–Crippen MR) is 123 cm³/mol. The van der Waals surface area contributed by atoms with E-state index in [1.165, 1.54) is 11.3 Å². The molecular weight excluding hydrogens is 426 g/mol. The second kappa shape index (κ2) is 8.42. The molecule has 2 aromatic rings. The molecule has 0 spiro atoms. The first-order valence-electron chi connectivity index (χ1n) is 9.38. The number of primary amides is 1. The Hall–Kier alpha value is -1.96. The van der Waals surface area contributed by atoms with E-state index in [0.29, 0.717) is 27.1 Å². The van der Waals surface area contributed by atoms with Crippen molar-refractivity contribution in [2.75, 3.05) is 5.32 Å². The first-order valence-corrected chi connectivity index (χ1v) is 11.0. The minimum Gasteiger partial charge on any atom is -0.365 e. The lowest BCUT2D eigenvalue weighted by atomic mass is 9.72. The van der Waals surface area contributed by atoms with Gasteiger partial charge in [0, 0.05) is 15.5 Å². The molecule has 2 amide bonds. The molecule has 1 heterocycles. The van der Waals surface area contributed by atoms with Gasteiger partial charge in [-0.1, -0.05) is 38.4 Å². The Balaban J connectivity index is 1.79. The van der Waals surface area contributed by atoms with Gasteiger partial charge in [-0.05, 0) is 66.6 Å². The van der Waals surface area contributed by atoms with Crippen LogP contribution in [0.25, 0.3) is 0 Å². The lowest BCUT2D eigenvalue weighted by Gasteiger charge is -2.33. The van der Waals surface area contributed by atoms with Gasteiger partial charge >= 0.3 is 0 Å². The number of nitrogens with one attached hydrogen (secondary N) is 2. The third-order valence-corrected chi connectivity index (χ3v) is 6.89. The molecule has 4 N–H and O–H groups in total. The quantitative estimate of drug-likeness (QED) is 0.589. The number of thiophene rings is 1. The Morgan fingerprint density at radius 2 is 2.03 bits per heavy atom. The predicted octanol–water partition coefficient (Wildman–Crippen LogP) is 4.78. The number of hydrogen-bond donors (Lipinski definition) is 3. The summed E-state index contributed by atoms with van der Waals surface area (Å²) < 4.78 is 0. The van der Waals surface area contributed by atoms with E-state index in [1.807, 2.05) is 0 Å². The molecule has 0 saturated heterocycles. The lowest BCUT2D eigenvalue weighted by Crippen LogP contribution is -2.34. The van der Waals surface area contributed by atoms with Crippen molar-refractivity contribution in [3.05, 3.63) is 50.9 Å². The fraction of sp³-hybridized carbons (Fsp3) is 0.381.